The highest BCUT2D eigenvalue weighted by molar-refractivity contribution is 5.85. The third-order valence-electron chi connectivity index (χ3n) is 4.85. The van der Waals surface area contributed by atoms with Crippen molar-refractivity contribution >= 4 is 30.7 Å². The lowest BCUT2D eigenvalue weighted by molar-refractivity contribution is -0.121. The van der Waals surface area contributed by atoms with Gasteiger partial charge in [0.2, 0.25) is 5.91 Å². The van der Waals surface area contributed by atoms with Crippen molar-refractivity contribution in [1.82, 2.24) is 10.2 Å². The standard InChI is InChI=1S/C21H26FN3O2.2ClH/c22-18-8-4-7-17(13-18)20(25-9-11-27-12-10-25)15-24-21(26)14-19(23)16-5-2-1-3-6-16;;/h1-8,13,19-20H,9-12,14-15,23H2,(H,24,26);2*1H. The molecule has 3 N–H and O–H groups in total. The van der Waals surface area contributed by atoms with Gasteiger partial charge in [-0.25, -0.2) is 4.39 Å². The first-order chi connectivity index (χ1) is 13.1. The van der Waals surface area contributed by atoms with E-state index < -0.39 is 0 Å². The van der Waals surface area contributed by atoms with Crippen LogP contribution in [0, 0.1) is 5.82 Å². The number of amides is 1. The van der Waals surface area contributed by atoms with Gasteiger partial charge >= 0.3 is 0 Å². The Morgan fingerprint density at radius 3 is 2.38 bits per heavy atom. The topological polar surface area (TPSA) is 67.6 Å². The van der Waals surface area contributed by atoms with E-state index in [9.17, 15) is 9.18 Å². The first-order valence-corrected chi connectivity index (χ1v) is 9.28. The molecular weight excluding hydrogens is 416 g/mol. The number of benzene rings is 2. The van der Waals surface area contributed by atoms with Gasteiger partial charge in [0.25, 0.3) is 0 Å². The number of carbonyl (C=O) groups is 1. The molecule has 2 atom stereocenters. The van der Waals surface area contributed by atoms with Crippen molar-refractivity contribution in [2.45, 2.75) is 18.5 Å². The Labute approximate surface area is 183 Å². The molecule has 0 aromatic heterocycles. The lowest BCUT2D eigenvalue weighted by atomic mass is 10.0. The van der Waals surface area contributed by atoms with E-state index in [0.29, 0.717) is 19.8 Å². The number of hydrogen-bond donors (Lipinski definition) is 2. The largest absolute Gasteiger partial charge is 0.379 e. The molecule has 8 heteroatoms. The van der Waals surface area contributed by atoms with Crippen LogP contribution in [-0.2, 0) is 9.53 Å². The van der Waals surface area contributed by atoms with Gasteiger partial charge in [-0.2, -0.15) is 0 Å². The fourth-order valence-electron chi connectivity index (χ4n) is 3.36. The predicted molar refractivity (Wildman–Crippen MR) is 117 cm³/mol. The highest BCUT2D eigenvalue weighted by Gasteiger charge is 2.24. The molecule has 1 fully saturated rings. The molecule has 3 rings (SSSR count). The number of nitrogens with two attached hydrogens (primary N) is 1. The molecule has 0 spiro atoms. The Hall–Kier alpha value is -1.70. The molecule has 5 nitrogen and oxygen atoms in total. The quantitative estimate of drug-likeness (QED) is 0.688. The first kappa shape index (κ1) is 25.3. The zero-order chi connectivity index (χ0) is 19.1. The molecule has 2 aromatic rings. The summed E-state index contributed by atoms with van der Waals surface area (Å²) >= 11 is 0. The number of nitrogens with zero attached hydrogens (tertiary/aromatic N) is 1. The van der Waals surface area contributed by atoms with Crippen molar-refractivity contribution < 1.29 is 13.9 Å². The van der Waals surface area contributed by atoms with Crippen LogP contribution in [-0.4, -0.2) is 43.7 Å². The van der Waals surface area contributed by atoms with Gasteiger partial charge < -0.3 is 15.8 Å². The highest BCUT2D eigenvalue weighted by Crippen LogP contribution is 2.22. The fourth-order valence-corrected chi connectivity index (χ4v) is 3.36. The predicted octanol–water partition coefficient (Wildman–Crippen LogP) is 3.25. The minimum absolute atomic E-state index is 0. The van der Waals surface area contributed by atoms with Crippen molar-refractivity contribution in [3.8, 4) is 0 Å². The molecule has 1 amide bonds. The normalized spacial score (nSPS) is 16.1. The smallest absolute Gasteiger partial charge is 0.221 e. The summed E-state index contributed by atoms with van der Waals surface area (Å²) < 4.78 is 19.1. The number of rotatable bonds is 7. The zero-order valence-electron chi connectivity index (χ0n) is 16.1. The number of halogens is 3. The third kappa shape index (κ3) is 7.57. The molecule has 1 saturated heterocycles. The van der Waals surface area contributed by atoms with Crippen molar-refractivity contribution in [2.75, 3.05) is 32.8 Å². The molecule has 29 heavy (non-hydrogen) atoms. The Morgan fingerprint density at radius 2 is 1.72 bits per heavy atom. The Bertz CT molecular complexity index is 746. The summed E-state index contributed by atoms with van der Waals surface area (Å²) in [6, 6.07) is 15.7. The lowest BCUT2D eigenvalue weighted by Crippen LogP contribution is -2.44. The van der Waals surface area contributed by atoms with Crippen LogP contribution in [0.2, 0.25) is 0 Å². The van der Waals surface area contributed by atoms with Crippen LogP contribution in [0.5, 0.6) is 0 Å². The zero-order valence-corrected chi connectivity index (χ0v) is 17.8. The molecule has 160 valence electrons. The van der Waals surface area contributed by atoms with Crippen LogP contribution in [0.1, 0.15) is 29.6 Å². The SMILES string of the molecule is Cl.Cl.NC(CC(=O)NCC(c1cccc(F)c1)N1CCOCC1)c1ccccc1. The molecule has 0 bridgehead atoms. The Balaban J connectivity index is 0.00000210. The van der Waals surface area contributed by atoms with Crippen LogP contribution in [0.25, 0.3) is 0 Å². The number of hydrogen-bond acceptors (Lipinski definition) is 4. The van der Waals surface area contributed by atoms with E-state index in [4.69, 9.17) is 10.5 Å². The fraction of sp³-hybridized carbons (Fsp3) is 0.381. The van der Waals surface area contributed by atoms with Crippen LogP contribution in [0.15, 0.2) is 54.6 Å². The summed E-state index contributed by atoms with van der Waals surface area (Å²) in [6.45, 7) is 3.18. The molecule has 2 aromatic carbocycles. The second kappa shape index (κ2) is 12.8. The van der Waals surface area contributed by atoms with Gasteiger partial charge in [-0.15, -0.1) is 24.8 Å². The van der Waals surface area contributed by atoms with E-state index in [1.54, 1.807) is 6.07 Å². The second-order valence-corrected chi connectivity index (χ2v) is 6.74. The average molecular weight is 444 g/mol. The van der Waals surface area contributed by atoms with E-state index in [1.807, 2.05) is 36.4 Å². The molecule has 1 heterocycles. The van der Waals surface area contributed by atoms with Gasteiger partial charge in [0.15, 0.2) is 0 Å². The van der Waals surface area contributed by atoms with Crippen LogP contribution >= 0.6 is 24.8 Å². The van der Waals surface area contributed by atoms with E-state index in [2.05, 4.69) is 10.2 Å². The summed E-state index contributed by atoms with van der Waals surface area (Å²) in [5, 5.41) is 2.97. The lowest BCUT2D eigenvalue weighted by Gasteiger charge is -2.35. The van der Waals surface area contributed by atoms with Gasteiger partial charge in [0, 0.05) is 32.1 Å². The summed E-state index contributed by atoms with van der Waals surface area (Å²) in [6.07, 6.45) is 0.211. The van der Waals surface area contributed by atoms with Crippen LogP contribution in [0.4, 0.5) is 4.39 Å². The monoisotopic (exact) mass is 443 g/mol. The molecule has 2 unspecified atom stereocenters. The molecule has 1 aliphatic heterocycles. The van der Waals surface area contributed by atoms with Gasteiger partial charge in [0.1, 0.15) is 5.82 Å². The minimum atomic E-state index is -0.345. The van der Waals surface area contributed by atoms with E-state index >= 15 is 0 Å². The maximum absolute atomic E-state index is 13.7. The molecule has 0 radical (unpaired) electrons. The van der Waals surface area contributed by atoms with Crippen molar-refractivity contribution in [2.24, 2.45) is 5.73 Å². The van der Waals surface area contributed by atoms with Crippen LogP contribution < -0.4 is 11.1 Å². The van der Waals surface area contributed by atoms with Gasteiger partial charge in [-0.05, 0) is 23.3 Å². The van der Waals surface area contributed by atoms with Crippen molar-refractivity contribution in [3.63, 3.8) is 0 Å². The Morgan fingerprint density at radius 1 is 1.07 bits per heavy atom. The molecular formula is C21H28Cl2FN3O2. The summed E-state index contributed by atoms with van der Waals surface area (Å²) in [5.74, 6) is -0.385. The number of ether oxygens (including phenoxy) is 1. The maximum Gasteiger partial charge on any atom is 0.221 e. The highest BCUT2D eigenvalue weighted by atomic mass is 35.5. The van der Waals surface area contributed by atoms with Gasteiger partial charge in [-0.3, -0.25) is 9.69 Å². The summed E-state index contributed by atoms with van der Waals surface area (Å²) in [7, 11) is 0. The molecule has 0 aliphatic carbocycles. The molecule has 1 aliphatic rings. The number of nitrogens with one attached hydrogen (secondary N) is 1. The van der Waals surface area contributed by atoms with Crippen molar-refractivity contribution in [3.05, 3.63) is 71.5 Å². The average Bonchev–Trinajstić information content (AvgIpc) is 2.70. The van der Waals surface area contributed by atoms with Crippen molar-refractivity contribution in [1.29, 1.82) is 0 Å². The van der Waals surface area contributed by atoms with E-state index in [1.165, 1.54) is 12.1 Å². The number of morpholine rings is 1. The third-order valence-corrected chi connectivity index (χ3v) is 4.85. The molecule has 0 saturated carbocycles. The number of carbonyl (C=O) groups excluding carboxylic acids is 1. The van der Waals surface area contributed by atoms with E-state index in [0.717, 1.165) is 24.2 Å². The first-order valence-electron chi connectivity index (χ1n) is 9.28. The maximum atomic E-state index is 13.7. The Kier molecular flexibility index (Phi) is 11.2. The summed E-state index contributed by atoms with van der Waals surface area (Å²) in [5.41, 5.74) is 7.92. The van der Waals surface area contributed by atoms with Gasteiger partial charge in [0.05, 0.1) is 19.3 Å². The van der Waals surface area contributed by atoms with Gasteiger partial charge in [-0.1, -0.05) is 42.5 Å². The second-order valence-electron chi connectivity index (χ2n) is 6.74. The van der Waals surface area contributed by atoms with E-state index in [-0.39, 0.29) is 55.0 Å². The van der Waals surface area contributed by atoms with Crippen LogP contribution in [0.3, 0.4) is 0 Å². The summed E-state index contributed by atoms with van der Waals surface area (Å²) in [4.78, 5) is 14.6. The minimum Gasteiger partial charge on any atom is -0.379 e.